The van der Waals surface area contributed by atoms with Crippen LogP contribution < -0.4 is 0 Å². The first-order valence-corrected chi connectivity index (χ1v) is 9.80. The Morgan fingerprint density at radius 2 is 1.26 bits per heavy atom. The molecule has 4 rings (SSSR count). The van der Waals surface area contributed by atoms with Crippen LogP contribution in [0.1, 0.15) is 25.3 Å². The van der Waals surface area contributed by atoms with E-state index in [1.165, 1.54) is 50.6 Å². The molecule has 116 valence electrons. The molecule has 23 heavy (non-hydrogen) atoms. The van der Waals surface area contributed by atoms with E-state index in [0.29, 0.717) is 0 Å². The summed E-state index contributed by atoms with van der Waals surface area (Å²) in [6.45, 7) is 2.25. The molecule has 0 bridgehead atoms. The Morgan fingerprint density at radius 3 is 1.83 bits per heavy atom. The highest BCUT2D eigenvalue weighted by molar-refractivity contribution is 8.17. The van der Waals surface area contributed by atoms with E-state index in [2.05, 4.69) is 79.7 Å². The maximum atomic E-state index is 2.36. The molecule has 1 aliphatic rings. The Balaban J connectivity index is 1.76. The minimum absolute atomic E-state index is 0.397. The third-order valence-electron chi connectivity index (χ3n) is 4.59. The first-order valence-electron chi connectivity index (χ1n) is 8.46. The second-order valence-electron chi connectivity index (χ2n) is 6.14. The molecule has 0 amide bonds. The van der Waals surface area contributed by atoms with E-state index in [1.807, 2.05) is 0 Å². The number of unbranched alkanes of at least 4 members (excludes halogenated alkanes) is 1. The van der Waals surface area contributed by atoms with E-state index in [1.54, 1.807) is 0 Å². The summed E-state index contributed by atoms with van der Waals surface area (Å²) in [6.07, 6.45) is 3.73. The first kappa shape index (κ1) is 14.6. The van der Waals surface area contributed by atoms with Gasteiger partial charge in [-0.25, -0.2) is 0 Å². The molecule has 0 aromatic heterocycles. The molecule has 0 unspecified atom stereocenters. The van der Waals surface area contributed by atoms with Crippen molar-refractivity contribution in [3.8, 4) is 11.1 Å². The molecule has 1 aliphatic heterocycles. The predicted octanol–water partition coefficient (Wildman–Crippen LogP) is 6.49. The van der Waals surface area contributed by atoms with Crippen LogP contribution in [0, 0.1) is 0 Å². The average molecular weight is 318 g/mol. The number of hydrogen-bond acceptors (Lipinski definition) is 0. The molecule has 0 atom stereocenters. The maximum Gasteiger partial charge on any atom is 0.00343 e. The zero-order valence-electron chi connectivity index (χ0n) is 13.5. The van der Waals surface area contributed by atoms with Crippen molar-refractivity contribution in [3.63, 3.8) is 0 Å². The molecule has 3 aromatic carbocycles. The van der Waals surface area contributed by atoms with Crippen molar-refractivity contribution in [1.29, 1.82) is 0 Å². The molecule has 0 saturated carbocycles. The summed E-state index contributed by atoms with van der Waals surface area (Å²) in [5.41, 5.74) is 4.31. The Morgan fingerprint density at radius 1 is 0.696 bits per heavy atom. The summed E-state index contributed by atoms with van der Waals surface area (Å²) in [7, 11) is -0.397. The molecular weight excluding hydrogens is 296 g/mol. The fourth-order valence-corrected chi connectivity index (χ4v) is 6.00. The Hall–Kier alpha value is -1.99. The Kier molecular flexibility index (Phi) is 3.97. The maximum absolute atomic E-state index is 2.36. The van der Waals surface area contributed by atoms with Crippen LogP contribution in [0.3, 0.4) is 0 Å². The van der Waals surface area contributed by atoms with Gasteiger partial charge in [0.05, 0.1) is 0 Å². The van der Waals surface area contributed by atoms with Crippen LogP contribution in [0.5, 0.6) is 0 Å². The number of fused-ring (bicyclic) bond motifs is 3. The number of benzene rings is 3. The molecule has 0 N–H and O–H groups in total. The molecule has 1 heteroatoms. The van der Waals surface area contributed by atoms with E-state index in [9.17, 15) is 0 Å². The standard InChI is InChI=1S/C22H22S/c1-2-3-8-17-13-15-18(16-14-17)23-21-11-6-4-9-19(21)20-10-5-7-12-22(20)23/h4-7,9-16,23H,2-3,8H2,1H3. The number of hydrogen-bond donors (Lipinski definition) is 1. The fourth-order valence-electron chi connectivity index (χ4n) is 3.39. The van der Waals surface area contributed by atoms with Gasteiger partial charge in [0.25, 0.3) is 0 Å². The second kappa shape index (κ2) is 6.25. The lowest BCUT2D eigenvalue weighted by atomic mass is 10.1. The largest absolute Gasteiger partial charge is 0.172 e. The molecule has 0 radical (unpaired) electrons. The zero-order valence-corrected chi connectivity index (χ0v) is 14.4. The van der Waals surface area contributed by atoms with Gasteiger partial charge in [-0.15, -0.1) is 0 Å². The highest BCUT2D eigenvalue weighted by atomic mass is 32.2. The molecule has 0 saturated heterocycles. The van der Waals surface area contributed by atoms with Crippen LogP contribution in [-0.2, 0) is 6.42 Å². The molecule has 0 nitrogen and oxygen atoms in total. The van der Waals surface area contributed by atoms with Crippen LogP contribution in [0.25, 0.3) is 11.1 Å². The number of aryl methyl sites for hydroxylation is 1. The van der Waals surface area contributed by atoms with Gasteiger partial charge in [0.1, 0.15) is 0 Å². The monoisotopic (exact) mass is 318 g/mol. The van der Waals surface area contributed by atoms with Crippen LogP contribution in [0.4, 0.5) is 0 Å². The van der Waals surface area contributed by atoms with Gasteiger partial charge in [0.15, 0.2) is 0 Å². The van der Waals surface area contributed by atoms with Gasteiger partial charge >= 0.3 is 0 Å². The van der Waals surface area contributed by atoms with Crippen LogP contribution in [-0.4, -0.2) is 0 Å². The summed E-state index contributed by atoms with van der Waals surface area (Å²) in [5, 5.41) is 0. The van der Waals surface area contributed by atoms with Crippen LogP contribution in [0.2, 0.25) is 0 Å². The number of thiol groups is 1. The smallest absolute Gasteiger partial charge is 0.00343 e. The summed E-state index contributed by atoms with van der Waals surface area (Å²) < 4.78 is 0. The molecular formula is C22H22S. The van der Waals surface area contributed by atoms with Gasteiger partial charge in [-0.2, -0.15) is 10.9 Å². The lowest BCUT2D eigenvalue weighted by Crippen LogP contribution is -1.87. The molecule has 0 fully saturated rings. The van der Waals surface area contributed by atoms with E-state index in [-0.39, 0.29) is 0 Å². The topological polar surface area (TPSA) is 0 Å². The number of rotatable bonds is 4. The highest BCUT2D eigenvalue weighted by Gasteiger charge is 2.26. The minimum Gasteiger partial charge on any atom is -0.172 e. The lowest BCUT2D eigenvalue weighted by molar-refractivity contribution is 0.794. The van der Waals surface area contributed by atoms with Gasteiger partial charge in [0, 0.05) is 9.79 Å². The van der Waals surface area contributed by atoms with Crippen LogP contribution in [0.15, 0.2) is 87.5 Å². The SMILES string of the molecule is CCCCc1ccc([SH]2c3ccccc3-c3ccccc32)cc1. The van der Waals surface area contributed by atoms with Crippen molar-refractivity contribution in [2.24, 2.45) is 0 Å². The van der Waals surface area contributed by atoms with Gasteiger partial charge in [-0.1, -0.05) is 61.9 Å². The third-order valence-corrected chi connectivity index (χ3v) is 7.15. The minimum atomic E-state index is -0.397. The fraction of sp³-hybridized carbons (Fsp3) is 0.182. The molecule has 0 aliphatic carbocycles. The molecule has 1 heterocycles. The van der Waals surface area contributed by atoms with Crippen molar-refractivity contribution in [1.82, 2.24) is 0 Å². The molecule has 3 aromatic rings. The summed E-state index contributed by atoms with van der Waals surface area (Å²) >= 11 is 0. The average Bonchev–Trinajstić information content (AvgIpc) is 2.95. The highest BCUT2D eigenvalue weighted by Crippen LogP contribution is 2.62. The van der Waals surface area contributed by atoms with Crippen molar-refractivity contribution < 1.29 is 0 Å². The summed E-state index contributed by atoms with van der Waals surface area (Å²) in [6, 6.07) is 27.2. The summed E-state index contributed by atoms with van der Waals surface area (Å²) in [5.74, 6) is 0. The Bertz CT molecular complexity index is 772. The van der Waals surface area contributed by atoms with E-state index in [4.69, 9.17) is 0 Å². The zero-order chi connectivity index (χ0) is 15.6. The lowest BCUT2D eigenvalue weighted by Gasteiger charge is -2.19. The van der Waals surface area contributed by atoms with Gasteiger partial charge in [0.2, 0.25) is 0 Å². The van der Waals surface area contributed by atoms with Crippen molar-refractivity contribution in [3.05, 3.63) is 78.4 Å². The predicted molar refractivity (Wildman–Crippen MR) is 101 cm³/mol. The van der Waals surface area contributed by atoms with Gasteiger partial charge in [-0.3, -0.25) is 0 Å². The Labute approximate surface area is 141 Å². The van der Waals surface area contributed by atoms with Crippen molar-refractivity contribution >= 4 is 10.9 Å². The first-order chi connectivity index (χ1) is 11.4. The second-order valence-corrected chi connectivity index (χ2v) is 8.29. The van der Waals surface area contributed by atoms with E-state index < -0.39 is 10.9 Å². The van der Waals surface area contributed by atoms with Gasteiger partial charge < -0.3 is 0 Å². The third kappa shape index (κ3) is 2.60. The van der Waals surface area contributed by atoms with Crippen molar-refractivity contribution in [2.45, 2.75) is 40.9 Å². The quantitative estimate of drug-likeness (QED) is 0.409. The van der Waals surface area contributed by atoms with Crippen molar-refractivity contribution in [2.75, 3.05) is 0 Å². The summed E-state index contributed by atoms with van der Waals surface area (Å²) in [4.78, 5) is 4.48. The molecule has 0 spiro atoms. The van der Waals surface area contributed by atoms with E-state index in [0.717, 1.165) is 0 Å². The van der Waals surface area contributed by atoms with E-state index >= 15 is 0 Å². The normalized spacial score (nSPS) is 13.7. The van der Waals surface area contributed by atoms with Gasteiger partial charge in [-0.05, 0) is 58.7 Å². The van der Waals surface area contributed by atoms with Crippen LogP contribution >= 0.6 is 10.9 Å².